The van der Waals surface area contributed by atoms with Crippen molar-refractivity contribution in [3.8, 4) is 23.0 Å². The third kappa shape index (κ3) is 18.1. The second kappa shape index (κ2) is 30.9. The van der Waals surface area contributed by atoms with E-state index in [4.69, 9.17) is 39.9 Å². The fraction of sp³-hybridized carbons (Fsp3) is 0.525. The van der Waals surface area contributed by atoms with E-state index in [0.29, 0.717) is 64.8 Å². The van der Waals surface area contributed by atoms with E-state index in [0.717, 1.165) is 24.4 Å². The number of hydrogen-bond acceptors (Lipinski definition) is 16. The number of carbonyl (C=O) groups excluding carboxylic acids is 4. The van der Waals surface area contributed by atoms with Crippen molar-refractivity contribution in [2.75, 3.05) is 52.2 Å². The van der Waals surface area contributed by atoms with Crippen LogP contribution in [0.15, 0.2) is 83.0 Å². The van der Waals surface area contributed by atoms with E-state index in [1.165, 1.54) is 46.6 Å². The van der Waals surface area contributed by atoms with Gasteiger partial charge in [0.2, 0.25) is 0 Å². The molecule has 3 aliphatic rings. The number of quaternary nitrogens is 2. The lowest BCUT2D eigenvalue weighted by Crippen LogP contribution is -3.13. The number of ether oxygens (including phenoxy) is 6. The Bertz CT molecular complexity index is 2720. The zero-order valence-electron chi connectivity index (χ0n) is 48.8. The number of anilines is 2. The van der Waals surface area contributed by atoms with Crippen LogP contribution >= 0.6 is 0 Å². The summed E-state index contributed by atoms with van der Waals surface area (Å²) in [5.41, 5.74) is 18.4. The van der Waals surface area contributed by atoms with E-state index in [2.05, 4.69) is 16.4 Å². The normalized spacial score (nSPS) is 31.2. The summed E-state index contributed by atoms with van der Waals surface area (Å²) in [7, 11) is 5.94. The minimum Gasteiger partial charge on any atom is -0.505 e. The molecule has 5 rings (SSSR count). The van der Waals surface area contributed by atoms with Gasteiger partial charge < -0.3 is 86.9 Å². The number of rotatable bonds is 7. The van der Waals surface area contributed by atoms with Gasteiger partial charge in [0.25, 0.3) is 11.8 Å². The molecule has 3 heterocycles. The molecule has 12 atom stereocenters. The van der Waals surface area contributed by atoms with Gasteiger partial charge in [0, 0.05) is 70.0 Å². The molecule has 22 heteroatoms. The molecule has 4 amide bonds. The van der Waals surface area contributed by atoms with Crippen LogP contribution in [0.1, 0.15) is 85.8 Å². The van der Waals surface area contributed by atoms with Crippen LogP contribution in [0, 0.1) is 23.7 Å². The number of nitrogens with one attached hydrogen (secondary N) is 3. The molecule has 1 saturated heterocycles. The first-order valence-electron chi connectivity index (χ1n) is 27.1. The highest BCUT2D eigenvalue weighted by atomic mass is 16.6. The number of phenols is 4. The van der Waals surface area contributed by atoms with Crippen LogP contribution in [0.5, 0.6) is 23.0 Å². The van der Waals surface area contributed by atoms with Gasteiger partial charge in [-0.05, 0) is 76.4 Å². The van der Waals surface area contributed by atoms with Gasteiger partial charge in [-0.25, -0.2) is 9.59 Å². The lowest BCUT2D eigenvalue weighted by Gasteiger charge is -2.31. The topological polar surface area (TPSA) is 353 Å². The zero-order chi connectivity index (χ0) is 60.6. The summed E-state index contributed by atoms with van der Waals surface area (Å²) in [5.74, 6) is -2.40. The van der Waals surface area contributed by atoms with E-state index < -0.39 is 84.7 Å². The number of aliphatic hydroxyl groups is 2. The summed E-state index contributed by atoms with van der Waals surface area (Å²) < 4.78 is 33.2. The van der Waals surface area contributed by atoms with Gasteiger partial charge >= 0.3 is 12.2 Å². The van der Waals surface area contributed by atoms with Gasteiger partial charge in [0.1, 0.15) is 23.7 Å². The number of nitrogens with two attached hydrogens (primary N) is 2. The summed E-state index contributed by atoms with van der Waals surface area (Å²) >= 11 is 0. The van der Waals surface area contributed by atoms with Gasteiger partial charge in [0.15, 0.2) is 35.1 Å². The Morgan fingerprint density at radius 3 is 1.40 bits per heavy atom. The van der Waals surface area contributed by atoms with Crippen molar-refractivity contribution in [2.24, 2.45) is 35.1 Å². The maximum Gasteiger partial charge on any atom is 0.405 e. The highest BCUT2D eigenvalue weighted by Crippen LogP contribution is 2.42. The van der Waals surface area contributed by atoms with Gasteiger partial charge in [-0.15, -0.1) is 0 Å². The average Bonchev–Trinajstić information content (AvgIpc) is 3.41. The molecule has 0 aliphatic carbocycles. The molecular weight excluding hydrogens is 1050 g/mol. The Morgan fingerprint density at radius 2 is 1.02 bits per heavy atom. The fourth-order valence-electron chi connectivity index (χ4n) is 10.3. The number of methoxy groups -OCH3 is 4. The van der Waals surface area contributed by atoms with Gasteiger partial charge in [0.05, 0.1) is 60.0 Å². The minimum atomic E-state index is -0.987. The summed E-state index contributed by atoms with van der Waals surface area (Å²) in [4.78, 5) is 50.4. The van der Waals surface area contributed by atoms with E-state index in [1.807, 2.05) is 27.7 Å². The molecule has 81 heavy (non-hydrogen) atoms. The predicted molar refractivity (Wildman–Crippen MR) is 305 cm³/mol. The van der Waals surface area contributed by atoms with Crippen LogP contribution < -0.4 is 32.7 Å². The molecule has 0 unspecified atom stereocenters. The minimum absolute atomic E-state index is 0.00779. The largest absolute Gasteiger partial charge is 0.505 e. The van der Waals surface area contributed by atoms with Crippen LogP contribution in [-0.4, -0.2) is 145 Å². The number of allylic oxidation sites excluding steroid dienone is 4. The van der Waals surface area contributed by atoms with Crippen molar-refractivity contribution in [1.29, 1.82) is 0 Å². The summed E-state index contributed by atoms with van der Waals surface area (Å²) in [5, 5.41) is 71.6. The van der Waals surface area contributed by atoms with Crippen molar-refractivity contribution in [3.05, 3.63) is 94.2 Å². The molecule has 2 aromatic rings. The standard InChI is InChI=1S/C31H45N3O8.C28H41N3O8/c1-17-13-21-26(34-11-8-12-34)23(35)16-22(28(21)37)33-30(38)18(2)9-7-10-24(40-5)29(42-31(32)39)20(4)15-19(3)27(36)25(14-17)41-6;1-14-10-18-23(29)20(32)13-19(25(18)34)31-27(35)15(2)8-7-9-21(37-5)26(39-28(30)36)17(4)12-16(3)24(33)22(11-14)38-6/h7,9-10,15-17,19,24-25,27,29,35-37H,8,11-14H2,1-6H3,(H2,32,39)(H,33,38);7-9,12-14,16,21-22,24,26,32-34H,10-11,29H2,1-6H3,(H2,30,36)(H,31,35)/p+2/b10-7-,18-9+,20-15+;9-7-,15-8+,17-12+/t17-,19+,24+,25+,27-,29+;14-,16+,21+,22+,24-,26+/m11/s1. The molecule has 0 radical (unpaired) electrons. The second-order valence-electron chi connectivity index (χ2n) is 21.5. The Kier molecular flexibility index (Phi) is 25.5. The zero-order valence-corrected chi connectivity index (χ0v) is 48.8. The van der Waals surface area contributed by atoms with Crippen LogP contribution in [0.2, 0.25) is 0 Å². The van der Waals surface area contributed by atoms with E-state index in [-0.39, 0.29) is 51.9 Å². The fourth-order valence-corrected chi connectivity index (χ4v) is 10.3. The molecule has 22 nitrogen and oxygen atoms in total. The van der Waals surface area contributed by atoms with Crippen molar-refractivity contribution < 1.29 is 88.9 Å². The van der Waals surface area contributed by atoms with Crippen LogP contribution in [0.3, 0.4) is 0 Å². The summed E-state index contributed by atoms with van der Waals surface area (Å²) in [6.45, 7) is 15.9. The third-order valence-electron chi connectivity index (χ3n) is 15.1. The molecule has 0 spiro atoms. The molecular formula is C59H88N6O16+2. The SMILES string of the molecule is CO[C@H]1/C=C\C=C(/C)C(=O)Nc2cc(O)c([NH+]3CCC3)c(c2O)C[C@@H](C)C[C@H](OC)[C@H](O)[C@@H](C)/C=C(\C)[C@@H]1OC(N)=O.CO[C@H]1/C=C\C=C(/C)C(=O)Nc2cc(O)c([NH3+])c(c2O)C[C@@H](C)C[C@H](OC)[C@H](O)[C@@H](C)/C=C(\C)[C@@H]1OC(N)=O. The molecule has 4 bridgehead atoms. The van der Waals surface area contributed by atoms with Crippen molar-refractivity contribution in [3.63, 3.8) is 0 Å². The summed E-state index contributed by atoms with van der Waals surface area (Å²) in [6, 6.07) is 2.64. The molecule has 0 aromatic heterocycles. The quantitative estimate of drug-likeness (QED) is 0.0995. The van der Waals surface area contributed by atoms with E-state index >= 15 is 0 Å². The number of aliphatic hydroxyl groups excluding tert-OH is 2. The molecule has 1 fully saturated rings. The van der Waals surface area contributed by atoms with E-state index in [9.17, 15) is 49.8 Å². The van der Waals surface area contributed by atoms with Crippen LogP contribution in [-0.2, 0) is 50.9 Å². The average molecular weight is 1140 g/mol. The van der Waals surface area contributed by atoms with Gasteiger partial charge in [-0.2, -0.15) is 0 Å². The number of carbonyl (C=O) groups is 4. The van der Waals surface area contributed by atoms with Crippen molar-refractivity contribution in [2.45, 2.75) is 136 Å². The van der Waals surface area contributed by atoms with Crippen molar-refractivity contribution in [1.82, 2.24) is 0 Å². The number of benzene rings is 2. The number of amides is 4. The first-order valence-corrected chi connectivity index (χ1v) is 27.1. The molecule has 0 saturated carbocycles. The second-order valence-corrected chi connectivity index (χ2v) is 21.5. The van der Waals surface area contributed by atoms with Crippen molar-refractivity contribution >= 4 is 46.8 Å². The molecule has 2 aromatic carbocycles. The number of fused-ring (bicyclic) bond motifs is 4. The lowest BCUT2D eigenvalue weighted by atomic mass is 9.87. The van der Waals surface area contributed by atoms with E-state index in [1.54, 1.807) is 70.2 Å². The predicted octanol–water partition coefficient (Wildman–Crippen LogP) is 4.91. The van der Waals surface area contributed by atoms with Crippen LogP contribution in [0.4, 0.5) is 32.3 Å². The Labute approximate surface area is 474 Å². The molecule has 16 N–H and O–H groups in total. The first kappa shape index (κ1) is 66.7. The van der Waals surface area contributed by atoms with Gasteiger partial charge in [-0.3, -0.25) is 14.5 Å². The Hall–Kier alpha value is -6.76. The Morgan fingerprint density at radius 1 is 0.630 bits per heavy atom. The number of primary amides is 2. The number of phenolic OH excluding ortho intramolecular Hbond substituents is 4. The number of aromatic hydroxyl groups is 4. The van der Waals surface area contributed by atoms with Gasteiger partial charge in [-0.1, -0.05) is 76.3 Å². The highest BCUT2D eigenvalue weighted by molar-refractivity contribution is 6.05. The maximum atomic E-state index is 13.1. The highest BCUT2D eigenvalue weighted by Gasteiger charge is 2.35. The lowest BCUT2D eigenvalue weighted by molar-refractivity contribution is -0.875. The third-order valence-corrected chi connectivity index (χ3v) is 15.1. The monoisotopic (exact) mass is 1140 g/mol. The maximum absolute atomic E-state index is 13.1. The molecule has 448 valence electrons. The van der Waals surface area contributed by atoms with Crippen LogP contribution in [0.25, 0.3) is 0 Å². The molecule has 3 aliphatic heterocycles. The Balaban J connectivity index is 0.000000350. The first-order chi connectivity index (χ1) is 38.2. The summed E-state index contributed by atoms with van der Waals surface area (Å²) in [6.07, 6.45) is 7.46. The smallest absolute Gasteiger partial charge is 0.405 e. The number of hydrogen-bond donors (Lipinski definition) is 12.